The Morgan fingerprint density at radius 1 is 1.55 bits per heavy atom. The number of carbonyl (C=O) groups is 1. The van der Waals surface area contributed by atoms with E-state index in [2.05, 4.69) is 10.4 Å². The first-order chi connectivity index (χ1) is 9.47. The van der Waals surface area contributed by atoms with Crippen LogP contribution in [0.1, 0.15) is 28.9 Å². The van der Waals surface area contributed by atoms with E-state index >= 15 is 0 Å². The summed E-state index contributed by atoms with van der Waals surface area (Å²) in [7, 11) is 0. The lowest BCUT2D eigenvalue weighted by atomic mass is 10.2. The Kier molecular flexibility index (Phi) is 4.02. The Morgan fingerprint density at radius 2 is 2.30 bits per heavy atom. The number of nitrogens with zero attached hydrogens (tertiary/aromatic N) is 2. The summed E-state index contributed by atoms with van der Waals surface area (Å²) in [6.07, 6.45) is 3.63. The molecule has 0 bridgehead atoms. The van der Waals surface area contributed by atoms with Crippen molar-refractivity contribution in [3.05, 3.63) is 47.5 Å². The van der Waals surface area contributed by atoms with Crippen molar-refractivity contribution < 1.29 is 14.3 Å². The second-order valence-electron chi connectivity index (χ2n) is 4.72. The topological polar surface area (TPSA) is 67.2 Å². The predicted octanol–water partition coefficient (Wildman–Crippen LogP) is 2.03. The number of carbonyl (C=O) groups excluding carboxylic acids is 1. The summed E-state index contributed by atoms with van der Waals surface area (Å²) in [4.78, 5) is 11.9. The van der Waals surface area contributed by atoms with Crippen LogP contribution in [-0.2, 0) is 0 Å². The number of aryl methyl sites for hydroxylation is 1. The molecule has 2 rings (SSSR count). The van der Waals surface area contributed by atoms with E-state index in [0.29, 0.717) is 6.54 Å². The minimum atomic E-state index is -0.812. The molecule has 20 heavy (non-hydrogen) atoms. The van der Waals surface area contributed by atoms with Crippen molar-refractivity contribution in [3.8, 4) is 5.75 Å². The maximum absolute atomic E-state index is 13.2. The largest absolute Gasteiger partial charge is 0.505 e. The Morgan fingerprint density at radius 3 is 2.90 bits per heavy atom. The van der Waals surface area contributed by atoms with E-state index in [4.69, 9.17) is 5.11 Å². The van der Waals surface area contributed by atoms with E-state index in [1.54, 1.807) is 10.9 Å². The summed E-state index contributed by atoms with van der Waals surface area (Å²) in [5, 5.41) is 15.9. The molecule has 1 amide bonds. The molecule has 0 aliphatic heterocycles. The summed E-state index contributed by atoms with van der Waals surface area (Å²) in [6.45, 7) is 4.24. The summed E-state index contributed by atoms with van der Waals surface area (Å²) < 4.78 is 14.9. The smallest absolute Gasteiger partial charge is 0.251 e. The van der Waals surface area contributed by atoms with Gasteiger partial charge < -0.3 is 10.4 Å². The number of aromatic nitrogens is 2. The van der Waals surface area contributed by atoms with Gasteiger partial charge in [0, 0.05) is 18.3 Å². The molecule has 6 heteroatoms. The van der Waals surface area contributed by atoms with Crippen LogP contribution in [-0.4, -0.2) is 27.3 Å². The van der Waals surface area contributed by atoms with Gasteiger partial charge in [-0.1, -0.05) is 0 Å². The van der Waals surface area contributed by atoms with Crippen molar-refractivity contribution in [1.82, 2.24) is 15.1 Å². The van der Waals surface area contributed by atoms with Gasteiger partial charge in [-0.25, -0.2) is 4.39 Å². The lowest BCUT2D eigenvalue weighted by Gasteiger charge is -2.13. The lowest BCUT2D eigenvalue weighted by molar-refractivity contribution is 0.0947. The maximum Gasteiger partial charge on any atom is 0.251 e. The zero-order valence-corrected chi connectivity index (χ0v) is 11.3. The molecule has 1 aromatic heterocycles. The number of benzene rings is 1. The van der Waals surface area contributed by atoms with Gasteiger partial charge in [0.15, 0.2) is 11.6 Å². The van der Waals surface area contributed by atoms with Crippen LogP contribution in [0.4, 0.5) is 4.39 Å². The van der Waals surface area contributed by atoms with Gasteiger partial charge in [0.05, 0.1) is 12.2 Å². The van der Waals surface area contributed by atoms with Gasteiger partial charge in [-0.05, 0) is 37.6 Å². The van der Waals surface area contributed by atoms with Gasteiger partial charge in [-0.2, -0.15) is 5.10 Å². The van der Waals surface area contributed by atoms with Gasteiger partial charge in [-0.3, -0.25) is 9.48 Å². The van der Waals surface area contributed by atoms with Crippen molar-refractivity contribution in [3.63, 3.8) is 0 Å². The first kappa shape index (κ1) is 14.0. The standard InChI is InChI=1S/C14H16FN3O2/c1-9-6-17-18(8-9)10(2)7-16-14(20)11-3-4-13(19)12(15)5-11/h3-6,8,10,19H,7H2,1-2H3,(H,16,20). The number of amides is 1. The third-order valence-electron chi connectivity index (χ3n) is 2.95. The molecule has 1 unspecified atom stereocenters. The molecule has 0 aliphatic rings. The minimum Gasteiger partial charge on any atom is -0.505 e. The van der Waals surface area contributed by atoms with E-state index in [1.807, 2.05) is 20.0 Å². The van der Waals surface area contributed by atoms with Gasteiger partial charge in [0.25, 0.3) is 5.91 Å². The average molecular weight is 277 g/mol. The number of nitrogens with one attached hydrogen (secondary N) is 1. The number of aromatic hydroxyl groups is 1. The highest BCUT2D eigenvalue weighted by Crippen LogP contribution is 2.16. The van der Waals surface area contributed by atoms with Crippen molar-refractivity contribution in [2.45, 2.75) is 19.9 Å². The molecule has 0 saturated heterocycles. The molecule has 106 valence electrons. The summed E-state index contributed by atoms with van der Waals surface area (Å²) in [6, 6.07) is 3.53. The van der Waals surface area contributed by atoms with Crippen LogP contribution in [0.15, 0.2) is 30.6 Å². The minimum absolute atomic E-state index is 0.00499. The van der Waals surface area contributed by atoms with E-state index in [1.165, 1.54) is 6.07 Å². The number of rotatable bonds is 4. The fraction of sp³-hybridized carbons (Fsp3) is 0.286. The molecule has 2 aromatic rings. The third kappa shape index (κ3) is 3.14. The summed E-state index contributed by atoms with van der Waals surface area (Å²) in [5.74, 6) is -1.67. The summed E-state index contributed by atoms with van der Waals surface area (Å²) >= 11 is 0. The van der Waals surface area contributed by atoms with Gasteiger partial charge in [0.1, 0.15) is 0 Å². The number of phenolic OH excluding ortho intramolecular Hbond substituents is 1. The molecule has 1 atom stereocenters. The van der Waals surface area contributed by atoms with E-state index in [0.717, 1.165) is 17.7 Å². The van der Waals surface area contributed by atoms with Crippen molar-refractivity contribution in [2.75, 3.05) is 6.54 Å². The van der Waals surface area contributed by atoms with Crippen LogP contribution in [0, 0.1) is 12.7 Å². The zero-order chi connectivity index (χ0) is 14.7. The lowest BCUT2D eigenvalue weighted by Crippen LogP contribution is -2.29. The van der Waals surface area contributed by atoms with E-state index in [-0.39, 0.29) is 17.5 Å². The zero-order valence-electron chi connectivity index (χ0n) is 11.3. The Balaban J connectivity index is 1.96. The number of phenols is 1. The predicted molar refractivity (Wildman–Crippen MR) is 72.1 cm³/mol. The van der Waals surface area contributed by atoms with E-state index in [9.17, 15) is 9.18 Å². The molecule has 0 radical (unpaired) electrons. The second kappa shape index (κ2) is 5.73. The molecule has 0 spiro atoms. The second-order valence-corrected chi connectivity index (χ2v) is 4.72. The Labute approximate surface area is 116 Å². The monoisotopic (exact) mass is 277 g/mol. The number of hydrogen-bond acceptors (Lipinski definition) is 3. The molecule has 2 N–H and O–H groups in total. The highest BCUT2D eigenvalue weighted by molar-refractivity contribution is 5.94. The molecule has 0 saturated carbocycles. The fourth-order valence-corrected chi connectivity index (χ4v) is 1.76. The molecular weight excluding hydrogens is 261 g/mol. The number of hydrogen-bond donors (Lipinski definition) is 2. The molecule has 0 aliphatic carbocycles. The van der Waals surface area contributed by atoms with Crippen molar-refractivity contribution in [1.29, 1.82) is 0 Å². The Hall–Kier alpha value is -2.37. The first-order valence-electron chi connectivity index (χ1n) is 6.25. The van der Waals surface area contributed by atoms with Gasteiger partial charge in [0.2, 0.25) is 0 Å². The molecule has 1 heterocycles. The molecule has 1 aromatic carbocycles. The highest BCUT2D eigenvalue weighted by Gasteiger charge is 2.11. The van der Waals surface area contributed by atoms with Gasteiger partial charge >= 0.3 is 0 Å². The molecule has 0 fully saturated rings. The summed E-state index contributed by atoms with van der Waals surface area (Å²) in [5.41, 5.74) is 1.22. The number of halogens is 1. The van der Waals surface area contributed by atoms with Crippen LogP contribution in [0.3, 0.4) is 0 Å². The highest BCUT2D eigenvalue weighted by atomic mass is 19.1. The van der Waals surface area contributed by atoms with Crippen molar-refractivity contribution in [2.24, 2.45) is 0 Å². The van der Waals surface area contributed by atoms with Crippen LogP contribution < -0.4 is 5.32 Å². The molecular formula is C14H16FN3O2. The maximum atomic E-state index is 13.2. The van der Waals surface area contributed by atoms with Crippen LogP contribution in [0.2, 0.25) is 0 Å². The van der Waals surface area contributed by atoms with Crippen LogP contribution >= 0.6 is 0 Å². The average Bonchev–Trinajstić information content (AvgIpc) is 2.85. The Bertz CT molecular complexity index is 625. The van der Waals surface area contributed by atoms with Crippen molar-refractivity contribution >= 4 is 5.91 Å². The normalized spacial score (nSPS) is 12.2. The quantitative estimate of drug-likeness (QED) is 0.898. The fourth-order valence-electron chi connectivity index (χ4n) is 1.76. The van der Waals surface area contributed by atoms with Gasteiger partial charge in [-0.15, -0.1) is 0 Å². The third-order valence-corrected chi connectivity index (χ3v) is 2.95. The van der Waals surface area contributed by atoms with Crippen LogP contribution in [0.5, 0.6) is 5.75 Å². The van der Waals surface area contributed by atoms with E-state index < -0.39 is 11.6 Å². The van der Waals surface area contributed by atoms with Crippen LogP contribution in [0.25, 0.3) is 0 Å². The first-order valence-corrected chi connectivity index (χ1v) is 6.25. The SMILES string of the molecule is Cc1cnn(C(C)CNC(=O)c2ccc(O)c(F)c2)c1. The molecule has 5 nitrogen and oxygen atoms in total.